The second-order valence-electron chi connectivity index (χ2n) is 2.92. The Morgan fingerprint density at radius 2 is 2.08 bits per heavy atom. The van der Waals surface area contributed by atoms with E-state index in [1.165, 1.54) is 0 Å². The summed E-state index contributed by atoms with van der Waals surface area (Å²) in [5.74, 6) is 0.879. The molecule has 0 bridgehead atoms. The molecule has 0 aromatic rings. The minimum absolute atomic E-state index is 0.133. The van der Waals surface area contributed by atoms with Gasteiger partial charge in [0, 0.05) is 24.9 Å². The smallest absolute Gasteiger partial charge is 0.225 e. The normalized spacial score (nSPS) is 12.7. The van der Waals surface area contributed by atoms with E-state index in [9.17, 15) is 4.79 Å². The van der Waals surface area contributed by atoms with Gasteiger partial charge >= 0.3 is 0 Å². The Kier molecular flexibility index (Phi) is 6.17. The van der Waals surface area contributed by atoms with E-state index < -0.39 is 0 Å². The predicted octanol–water partition coefficient (Wildman–Crippen LogP) is 2.12. The van der Waals surface area contributed by atoms with Crippen LogP contribution in [0.15, 0.2) is 0 Å². The van der Waals surface area contributed by atoms with Crippen molar-refractivity contribution in [3.63, 3.8) is 0 Å². The molecule has 0 aromatic heterocycles. The zero-order chi connectivity index (χ0) is 9.56. The van der Waals surface area contributed by atoms with Gasteiger partial charge in [0.05, 0.1) is 0 Å². The number of nitrogens with zero attached hydrogens (tertiary/aromatic N) is 1. The van der Waals surface area contributed by atoms with Gasteiger partial charge in [0.1, 0.15) is 0 Å². The summed E-state index contributed by atoms with van der Waals surface area (Å²) in [4.78, 5) is 13.4. The van der Waals surface area contributed by atoms with E-state index in [4.69, 9.17) is 11.6 Å². The molecule has 0 saturated heterocycles. The minimum atomic E-state index is 0.133. The van der Waals surface area contributed by atoms with Crippen molar-refractivity contribution in [2.75, 3.05) is 19.0 Å². The van der Waals surface area contributed by atoms with Crippen LogP contribution in [0.4, 0.5) is 0 Å². The number of hydrogen-bond donors (Lipinski definition) is 0. The lowest BCUT2D eigenvalue weighted by atomic mass is 10.1. The van der Waals surface area contributed by atoms with Crippen molar-refractivity contribution >= 4 is 17.5 Å². The molecule has 2 nitrogen and oxygen atoms in total. The van der Waals surface area contributed by atoms with Crippen LogP contribution in [-0.4, -0.2) is 29.8 Å². The van der Waals surface area contributed by atoms with Crippen LogP contribution in [0.3, 0.4) is 0 Å². The molecule has 0 N–H and O–H groups in total. The van der Waals surface area contributed by atoms with E-state index in [0.717, 1.165) is 13.0 Å². The quantitative estimate of drug-likeness (QED) is 0.610. The first-order valence-corrected chi connectivity index (χ1v) is 5.05. The maximum atomic E-state index is 11.6. The lowest BCUT2D eigenvalue weighted by Gasteiger charge is -2.22. The number of halogens is 1. The van der Waals surface area contributed by atoms with Crippen LogP contribution >= 0.6 is 11.6 Å². The van der Waals surface area contributed by atoms with Gasteiger partial charge in [-0.1, -0.05) is 13.8 Å². The number of hydrogen-bond acceptors (Lipinski definition) is 1. The fourth-order valence-electron chi connectivity index (χ4n) is 1.01. The fourth-order valence-corrected chi connectivity index (χ4v) is 1.22. The zero-order valence-corrected chi connectivity index (χ0v) is 8.90. The maximum absolute atomic E-state index is 11.6. The number of rotatable bonds is 5. The average molecular weight is 192 g/mol. The average Bonchev–Trinajstić information content (AvgIpc) is 2.11. The van der Waals surface area contributed by atoms with Gasteiger partial charge in [0.25, 0.3) is 0 Å². The van der Waals surface area contributed by atoms with Gasteiger partial charge in [-0.05, 0) is 13.3 Å². The maximum Gasteiger partial charge on any atom is 0.225 e. The monoisotopic (exact) mass is 191 g/mol. The fraction of sp³-hybridized carbons (Fsp3) is 0.889. The topological polar surface area (TPSA) is 20.3 Å². The van der Waals surface area contributed by atoms with Crippen molar-refractivity contribution < 1.29 is 4.79 Å². The highest BCUT2D eigenvalue weighted by atomic mass is 35.5. The van der Waals surface area contributed by atoms with Crippen LogP contribution in [0.2, 0.25) is 0 Å². The van der Waals surface area contributed by atoms with Gasteiger partial charge in [-0.2, -0.15) is 0 Å². The highest BCUT2D eigenvalue weighted by Crippen LogP contribution is 2.06. The largest absolute Gasteiger partial charge is 0.342 e. The van der Waals surface area contributed by atoms with E-state index in [1.807, 2.05) is 20.8 Å². The Morgan fingerprint density at radius 1 is 1.50 bits per heavy atom. The molecule has 1 unspecified atom stereocenters. The molecular formula is C9H18ClNO. The van der Waals surface area contributed by atoms with Gasteiger partial charge in [-0.3, -0.25) is 4.79 Å². The van der Waals surface area contributed by atoms with Crippen molar-refractivity contribution in [3.05, 3.63) is 0 Å². The van der Waals surface area contributed by atoms with E-state index >= 15 is 0 Å². The second kappa shape index (κ2) is 6.30. The van der Waals surface area contributed by atoms with Crippen LogP contribution in [0.25, 0.3) is 0 Å². The zero-order valence-electron chi connectivity index (χ0n) is 8.14. The molecule has 1 atom stereocenters. The molecule has 0 aliphatic rings. The molecule has 0 saturated carbocycles. The van der Waals surface area contributed by atoms with Gasteiger partial charge in [-0.15, -0.1) is 11.6 Å². The highest BCUT2D eigenvalue weighted by Gasteiger charge is 2.16. The molecular weight excluding hydrogens is 174 g/mol. The molecule has 0 heterocycles. The molecule has 1 amide bonds. The van der Waals surface area contributed by atoms with Crippen LogP contribution in [0.1, 0.15) is 27.2 Å². The Balaban J connectivity index is 4.01. The molecule has 0 aliphatic heterocycles. The third-order valence-electron chi connectivity index (χ3n) is 2.08. The van der Waals surface area contributed by atoms with Crippen molar-refractivity contribution in [3.8, 4) is 0 Å². The summed E-state index contributed by atoms with van der Waals surface area (Å²) in [7, 11) is 0. The molecule has 0 spiro atoms. The third kappa shape index (κ3) is 3.44. The van der Waals surface area contributed by atoms with Crippen molar-refractivity contribution in [1.29, 1.82) is 0 Å². The van der Waals surface area contributed by atoms with E-state index in [-0.39, 0.29) is 11.8 Å². The van der Waals surface area contributed by atoms with E-state index in [2.05, 4.69) is 0 Å². The number of alkyl halides is 1. The lowest BCUT2D eigenvalue weighted by Crippen LogP contribution is -2.36. The number of amides is 1. The van der Waals surface area contributed by atoms with Gasteiger partial charge in [-0.25, -0.2) is 0 Å². The summed E-state index contributed by atoms with van der Waals surface area (Å²) in [6, 6.07) is 0. The molecule has 0 radical (unpaired) electrons. The summed E-state index contributed by atoms with van der Waals surface area (Å²) in [5.41, 5.74) is 0. The summed E-state index contributed by atoms with van der Waals surface area (Å²) in [6.45, 7) is 7.39. The van der Waals surface area contributed by atoms with Crippen LogP contribution in [-0.2, 0) is 4.79 Å². The number of carbonyl (C=O) groups excluding carboxylic acids is 1. The first-order valence-electron chi connectivity index (χ1n) is 4.52. The van der Waals surface area contributed by atoms with Crippen molar-refractivity contribution in [2.45, 2.75) is 27.2 Å². The highest BCUT2D eigenvalue weighted by molar-refractivity contribution is 6.18. The number of carbonyl (C=O) groups is 1. The van der Waals surface area contributed by atoms with Gasteiger partial charge < -0.3 is 4.90 Å². The predicted molar refractivity (Wildman–Crippen MR) is 52.4 cm³/mol. The third-order valence-corrected chi connectivity index (χ3v) is 2.25. The first-order chi connectivity index (χ1) is 5.67. The molecule has 12 heavy (non-hydrogen) atoms. The summed E-state index contributed by atoms with van der Waals surface area (Å²) in [6.07, 6.45) is 0.900. The Morgan fingerprint density at radius 3 is 2.42 bits per heavy atom. The SMILES string of the molecule is CCC(C)C(=O)N(CC)CCCl. The molecule has 72 valence electrons. The molecule has 0 rings (SSSR count). The molecule has 3 heteroatoms. The van der Waals surface area contributed by atoms with Gasteiger partial charge in [0.2, 0.25) is 5.91 Å². The Hall–Kier alpha value is -0.240. The van der Waals surface area contributed by atoms with Crippen LogP contribution < -0.4 is 0 Å². The minimum Gasteiger partial charge on any atom is -0.342 e. The van der Waals surface area contributed by atoms with Crippen LogP contribution in [0, 0.1) is 5.92 Å². The summed E-state index contributed by atoms with van der Waals surface area (Å²) >= 11 is 5.57. The Labute approximate surface area is 79.9 Å². The van der Waals surface area contributed by atoms with Crippen molar-refractivity contribution in [1.82, 2.24) is 4.90 Å². The summed E-state index contributed by atoms with van der Waals surface area (Å²) in [5, 5.41) is 0. The molecule has 0 aromatic carbocycles. The first kappa shape index (κ1) is 11.8. The van der Waals surface area contributed by atoms with E-state index in [1.54, 1.807) is 4.90 Å². The standard InChI is InChI=1S/C9H18ClNO/c1-4-8(3)9(12)11(5-2)7-6-10/h8H,4-7H2,1-3H3. The second-order valence-corrected chi connectivity index (χ2v) is 3.29. The molecule has 0 aliphatic carbocycles. The lowest BCUT2D eigenvalue weighted by molar-refractivity contribution is -0.134. The Bertz CT molecular complexity index is 138. The molecule has 0 fully saturated rings. The van der Waals surface area contributed by atoms with E-state index in [0.29, 0.717) is 12.4 Å². The van der Waals surface area contributed by atoms with Gasteiger partial charge in [0.15, 0.2) is 0 Å². The summed E-state index contributed by atoms with van der Waals surface area (Å²) < 4.78 is 0. The van der Waals surface area contributed by atoms with Crippen LogP contribution in [0.5, 0.6) is 0 Å². The van der Waals surface area contributed by atoms with Crippen molar-refractivity contribution in [2.24, 2.45) is 5.92 Å².